The van der Waals surface area contributed by atoms with Crippen molar-refractivity contribution in [2.45, 2.75) is 45.4 Å². The van der Waals surface area contributed by atoms with Crippen molar-refractivity contribution in [2.24, 2.45) is 0 Å². The molecule has 0 saturated heterocycles. The van der Waals surface area contributed by atoms with Crippen LogP contribution in [0.25, 0.3) is 0 Å². The van der Waals surface area contributed by atoms with Crippen LogP contribution < -0.4 is 0 Å². The summed E-state index contributed by atoms with van der Waals surface area (Å²) in [7, 11) is 0. The van der Waals surface area contributed by atoms with Crippen molar-refractivity contribution in [3.63, 3.8) is 0 Å². The number of hydrogen-bond acceptors (Lipinski definition) is 0. The Balaban J connectivity index is 3.27. The summed E-state index contributed by atoms with van der Waals surface area (Å²) in [6, 6.07) is 0. The van der Waals surface area contributed by atoms with Gasteiger partial charge < -0.3 is 0 Å². The summed E-state index contributed by atoms with van der Waals surface area (Å²) in [4.78, 5) is 0. The molecule has 0 saturated carbocycles. The lowest BCUT2D eigenvalue weighted by molar-refractivity contribution is 0.637. The minimum atomic E-state index is 1.21. The molecule has 0 heterocycles. The maximum absolute atomic E-state index is 3.60. The molecule has 0 spiro atoms. The smallest absolute Gasteiger partial charge is 0.0348 e. The quantitative estimate of drug-likeness (QED) is 0.357. The first-order chi connectivity index (χ1) is 7.41. The molecule has 0 aromatic carbocycles. The molecule has 0 rings (SSSR count). The lowest BCUT2D eigenvalue weighted by atomic mass is 10.1. The average Bonchev–Trinajstić information content (AvgIpc) is 2.26. The van der Waals surface area contributed by atoms with Crippen LogP contribution in [0, 0.1) is 0 Å². The van der Waals surface area contributed by atoms with Gasteiger partial charge in [0.15, 0.2) is 0 Å². The molecule has 0 aromatic heterocycles. The molecule has 0 aliphatic rings. The largest absolute Gasteiger partial charge is 0.0991 e. The van der Waals surface area contributed by atoms with E-state index in [2.05, 4.69) is 31.7 Å². The van der Waals surface area contributed by atoms with Crippen molar-refractivity contribution >= 4 is 0 Å². The van der Waals surface area contributed by atoms with Gasteiger partial charge in [-0.05, 0) is 12.8 Å². The van der Waals surface area contributed by atoms with Crippen LogP contribution in [0.2, 0.25) is 0 Å². The van der Waals surface area contributed by atoms with E-state index in [0.717, 1.165) is 0 Å². The molecular weight excluding hydrogens is 180 g/mol. The van der Waals surface area contributed by atoms with Gasteiger partial charge >= 0.3 is 0 Å². The second-order valence-corrected chi connectivity index (χ2v) is 3.64. The molecule has 0 heteroatoms. The summed E-state index contributed by atoms with van der Waals surface area (Å²) >= 11 is 0. The molecule has 0 atom stereocenters. The lowest BCUT2D eigenvalue weighted by Gasteiger charge is -1.95. The maximum atomic E-state index is 3.60. The van der Waals surface area contributed by atoms with Gasteiger partial charge in [0.2, 0.25) is 0 Å². The van der Waals surface area contributed by atoms with Crippen molar-refractivity contribution in [3.05, 3.63) is 49.1 Å². The zero-order valence-electron chi connectivity index (χ0n) is 9.99. The SMILES string of the molecule is C=CC=CC=CC=CCCCCCCC. The molecule has 0 radical (unpaired) electrons. The minimum Gasteiger partial charge on any atom is -0.0991 e. The maximum Gasteiger partial charge on any atom is -0.0348 e. The molecule has 0 aromatic rings. The first-order valence-electron chi connectivity index (χ1n) is 6.02. The monoisotopic (exact) mass is 204 g/mol. The van der Waals surface area contributed by atoms with E-state index in [9.17, 15) is 0 Å². The van der Waals surface area contributed by atoms with Crippen molar-refractivity contribution < 1.29 is 0 Å². The van der Waals surface area contributed by atoms with Crippen molar-refractivity contribution in [1.29, 1.82) is 0 Å². The van der Waals surface area contributed by atoms with E-state index in [1.807, 2.05) is 18.2 Å². The van der Waals surface area contributed by atoms with Crippen LogP contribution in [-0.2, 0) is 0 Å². The van der Waals surface area contributed by atoms with Crippen LogP contribution in [0.15, 0.2) is 49.1 Å². The predicted molar refractivity (Wildman–Crippen MR) is 71.0 cm³/mol. The second kappa shape index (κ2) is 13.0. The molecule has 0 aliphatic heterocycles. The highest BCUT2D eigenvalue weighted by molar-refractivity contribution is 5.14. The van der Waals surface area contributed by atoms with Gasteiger partial charge in [-0.15, -0.1) is 0 Å². The highest BCUT2D eigenvalue weighted by Crippen LogP contribution is 2.05. The standard InChI is InChI=1S/C15H24/c1-3-5-7-9-11-13-15-14-12-10-8-6-4-2/h3,5,7,9,11,13,15H,1,4,6,8,10,12,14H2,2H3. The minimum absolute atomic E-state index is 1.21. The van der Waals surface area contributed by atoms with Crippen LogP contribution in [-0.4, -0.2) is 0 Å². The molecule has 84 valence electrons. The summed E-state index contributed by atoms with van der Waals surface area (Å²) in [5.74, 6) is 0. The Labute approximate surface area is 95.1 Å². The molecular formula is C15H24. The topological polar surface area (TPSA) is 0 Å². The van der Waals surface area contributed by atoms with Gasteiger partial charge in [-0.3, -0.25) is 0 Å². The van der Waals surface area contributed by atoms with Crippen molar-refractivity contribution in [3.8, 4) is 0 Å². The highest BCUT2D eigenvalue weighted by Gasteiger charge is 1.85. The van der Waals surface area contributed by atoms with Gasteiger partial charge in [0.05, 0.1) is 0 Å². The fraction of sp³-hybridized carbons (Fsp3) is 0.467. The van der Waals surface area contributed by atoms with E-state index in [0.29, 0.717) is 0 Å². The van der Waals surface area contributed by atoms with E-state index in [1.165, 1.54) is 38.5 Å². The summed E-state index contributed by atoms with van der Waals surface area (Å²) < 4.78 is 0. The van der Waals surface area contributed by atoms with Gasteiger partial charge in [0.1, 0.15) is 0 Å². The van der Waals surface area contributed by atoms with E-state index in [1.54, 1.807) is 6.08 Å². The molecule has 0 bridgehead atoms. The first kappa shape index (κ1) is 14.0. The van der Waals surface area contributed by atoms with E-state index in [4.69, 9.17) is 0 Å². The highest BCUT2D eigenvalue weighted by atomic mass is 13.9. The third-order valence-electron chi connectivity index (χ3n) is 2.19. The third-order valence-corrected chi connectivity index (χ3v) is 2.19. The zero-order chi connectivity index (χ0) is 11.2. The van der Waals surface area contributed by atoms with Gasteiger partial charge in [-0.1, -0.05) is 81.7 Å². The predicted octanol–water partition coefficient (Wildman–Crippen LogP) is 5.20. The third kappa shape index (κ3) is 13.0. The van der Waals surface area contributed by atoms with E-state index >= 15 is 0 Å². The Kier molecular flexibility index (Phi) is 12.1. The second-order valence-electron chi connectivity index (χ2n) is 3.64. The molecule has 0 N–H and O–H groups in total. The van der Waals surface area contributed by atoms with Crippen LogP contribution in [0.4, 0.5) is 0 Å². The van der Waals surface area contributed by atoms with Crippen LogP contribution >= 0.6 is 0 Å². The van der Waals surface area contributed by atoms with Crippen LogP contribution in [0.3, 0.4) is 0 Å². The normalized spacial score (nSPS) is 12.1. The molecule has 0 fully saturated rings. The summed E-state index contributed by atoms with van der Waals surface area (Å²) in [6.07, 6.45) is 22.1. The van der Waals surface area contributed by atoms with Gasteiger partial charge in [-0.2, -0.15) is 0 Å². The Morgan fingerprint density at radius 1 is 0.800 bits per heavy atom. The Hall–Kier alpha value is -1.04. The number of hydrogen-bond donors (Lipinski definition) is 0. The lowest BCUT2D eigenvalue weighted by Crippen LogP contribution is -1.75. The summed E-state index contributed by atoms with van der Waals surface area (Å²) in [5, 5.41) is 0. The summed E-state index contributed by atoms with van der Waals surface area (Å²) in [6.45, 7) is 5.86. The van der Waals surface area contributed by atoms with Gasteiger partial charge in [-0.25, -0.2) is 0 Å². The van der Waals surface area contributed by atoms with Crippen LogP contribution in [0.5, 0.6) is 0 Å². The molecule has 0 aliphatic carbocycles. The van der Waals surface area contributed by atoms with Crippen molar-refractivity contribution in [1.82, 2.24) is 0 Å². The Bertz CT molecular complexity index is 206. The van der Waals surface area contributed by atoms with Crippen molar-refractivity contribution in [2.75, 3.05) is 0 Å². The van der Waals surface area contributed by atoms with Gasteiger partial charge in [0.25, 0.3) is 0 Å². The number of allylic oxidation sites excluding steroid dienone is 7. The van der Waals surface area contributed by atoms with Gasteiger partial charge in [0, 0.05) is 0 Å². The first-order valence-corrected chi connectivity index (χ1v) is 6.02. The van der Waals surface area contributed by atoms with E-state index < -0.39 is 0 Å². The molecule has 15 heavy (non-hydrogen) atoms. The fourth-order valence-electron chi connectivity index (χ4n) is 1.31. The molecule has 0 nitrogen and oxygen atoms in total. The van der Waals surface area contributed by atoms with Crippen LogP contribution in [0.1, 0.15) is 45.4 Å². The Morgan fingerprint density at radius 2 is 1.47 bits per heavy atom. The average molecular weight is 204 g/mol. The molecule has 0 unspecified atom stereocenters. The Morgan fingerprint density at radius 3 is 2.20 bits per heavy atom. The van der Waals surface area contributed by atoms with E-state index in [-0.39, 0.29) is 0 Å². The molecule has 0 amide bonds. The summed E-state index contributed by atoms with van der Waals surface area (Å²) in [5.41, 5.74) is 0. The number of rotatable bonds is 9. The number of unbranched alkanes of at least 4 members (excludes halogenated alkanes) is 5. The zero-order valence-corrected chi connectivity index (χ0v) is 9.99. The fourth-order valence-corrected chi connectivity index (χ4v) is 1.31.